The predicted octanol–water partition coefficient (Wildman–Crippen LogP) is 0.935. The zero-order valence-corrected chi connectivity index (χ0v) is 9.89. The quantitative estimate of drug-likeness (QED) is 0.754. The number of rotatable bonds is 6. The van der Waals surface area contributed by atoms with Gasteiger partial charge in [0.2, 0.25) is 0 Å². The lowest BCUT2D eigenvalue weighted by atomic mass is 9.93. The van der Waals surface area contributed by atoms with Crippen LogP contribution in [0.25, 0.3) is 0 Å². The first-order valence-corrected chi connectivity index (χ1v) is 6.12. The molecule has 0 radical (unpaired) electrons. The smallest absolute Gasteiger partial charge is 0.111 e. The average molecular weight is 223 g/mol. The number of nitrogens with zero attached hydrogens (tertiary/aromatic N) is 2. The molecule has 1 aliphatic carbocycles. The van der Waals surface area contributed by atoms with E-state index in [0.29, 0.717) is 18.9 Å². The second-order valence-electron chi connectivity index (χ2n) is 4.80. The highest BCUT2D eigenvalue weighted by molar-refractivity contribution is 5.05. The normalized spacial score (nSPS) is 19.7. The molecular weight excluding hydrogens is 202 g/mol. The minimum Gasteiger partial charge on any atom is -0.388 e. The number of nitrogens with two attached hydrogens (primary N) is 1. The van der Waals surface area contributed by atoms with E-state index in [4.69, 9.17) is 5.73 Å². The van der Waals surface area contributed by atoms with E-state index in [2.05, 4.69) is 16.5 Å². The summed E-state index contributed by atoms with van der Waals surface area (Å²) in [5.41, 5.74) is 4.96. The van der Waals surface area contributed by atoms with Crippen LogP contribution in [-0.2, 0) is 13.0 Å². The van der Waals surface area contributed by atoms with Crippen molar-refractivity contribution in [3.8, 4) is 0 Å². The van der Waals surface area contributed by atoms with Gasteiger partial charge in [-0.25, -0.2) is 4.98 Å². The molecule has 3 N–H and O–H groups in total. The largest absolute Gasteiger partial charge is 0.388 e. The van der Waals surface area contributed by atoms with Crippen LogP contribution in [0.1, 0.15) is 32.0 Å². The molecule has 1 atom stereocenters. The third kappa shape index (κ3) is 2.28. The molecule has 2 rings (SSSR count). The molecular formula is C12H21N3O. The molecule has 0 bridgehead atoms. The van der Waals surface area contributed by atoms with Gasteiger partial charge in [-0.1, -0.05) is 6.92 Å². The van der Waals surface area contributed by atoms with E-state index in [1.54, 1.807) is 6.20 Å². The van der Waals surface area contributed by atoms with Crippen molar-refractivity contribution < 1.29 is 5.11 Å². The van der Waals surface area contributed by atoms with Crippen LogP contribution in [0.15, 0.2) is 12.4 Å². The number of hydrogen-bond donors (Lipinski definition) is 2. The SMILES string of the molecule is CCCn1ccnc1CC(O)(CN)C1CC1. The highest BCUT2D eigenvalue weighted by Crippen LogP contribution is 2.40. The fourth-order valence-corrected chi connectivity index (χ4v) is 2.23. The minimum absolute atomic E-state index is 0.330. The summed E-state index contributed by atoms with van der Waals surface area (Å²) in [5.74, 6) is 1.34. The topological polar surface area (TPSA) is 64.1 Å². The van der Waals surface area contributed by atoms with Gasteiger partial charge in [0.05, 0.1) is 5.60 Å². The molecule has 1 heterocycles. The van der Waals surface area contributed by atoms with Gasteiger partial charge in [0, 0.05) is 31.9 Å². The second-order valence-corrected chi connectivity index (χ2v) is 4.80. The summed E-state index contributed by atoms with van der Waals surface area (Å²) in [6.45, 7) is 3.43. The molecule has 1 aromatic heterocycles. The van der Waals surface area contributed by atoms with Gasteiger partial charge in [-0.15, -0.1) is 0 Å². The van der Waals surface area contributed by atoms with Crippen LogP contribution in [0.4, 0.5) is 0 Å². The van der Waals surface area contributed by atoms with Gasteiger partial charge in [-0.2, -0.15) is 0 Å². The van der Waals surface area contributed by atoms with Crippen LogP contribution >= 0.6 is 0 Å². The Morgan fingerprint density at radius 2 is 2.38 bits per heavy atom. The molecule has 0 aromatic carbocycles. The van der Waals surface area contributed by atoms with Gasteiger partial charge in [-0.3, -0.25) is 0 Å². The first-order valence-electron chi connectivity index (χ1n) is 6.12. The van der Waals surface area contributed by atoms with Crippen molar-refractivity contribution >= 4 is 0 Å². The summed E-state index contributed by atoms with van der Waals surface area (Å²) in [5, 5.41) is 10.4. The zero-order valence-electron chi connectivity index (χ0n) is 9.89. The fraction of sp³-hybridized carbons (Fsp3) is 0.750. The molecule has 1 unspecified atom stereocenters. The Balaban J connectivity index is 2.09. The lowest BCUT2D eigenvalue weighted by molar-refractivity contribution is 0.0240. The lowest BCUT2D eigenvalue weighted by Crippen LogP contribution is -2.43. The van der Waals surface area contributed by atoms with Crippen LogP contribution < -0.4 is 5.73 Å². The monoisotopic (exact) mass is 223 g/mol. The highest BCUT2D eigenvalue weighted by atomic mass is 16.3. The number of hydrogen-bond acceptors (Lipinski definition) is 3. The number of aliphatic hydroxyl groups is 1. The fourth-order valence-electron chi connectivity index (χ4n) is 2.23. The predicted molar refractivity (Wildman–Crippen MR) is 63.0 cm³/mol. The van der Waals surface area contributed by atoms with Crippen molar-refractivity contribution in [2.24, 2.45) is 11.7 Å². The van der Waals surface area contributed by atoms with E-state index in [-0.39, 0.29) is 0 Å². The third-order valence-electron chi connectivity index (χ3n) is 3.42. The van der Waals surface area contributed by atoms with Crippen LogP contribution in [0, 0.1) is 5.92 Å². The molecule has 1 aliphatic rings. The van der Waals surface area contributed by atoms with E-state index < -0.39 is 5.60 Å². The molecule has 0 spiro atoms. The van der Waals surface area contributed by atoms with Crippen molar-refractivity contribution in [2.45, 2.75) is 44.8 Å². The summed E-state index contributed by atoms with van der Waals surface area (Å²) < 4.78 is 2.11. The van der Waals surface area contributed by atoms with Crippen molar-refractivity contribution in [1.82, 2.24) is 9.55 Å². The number of aromatic nitrogens is 2. The molecule has 1 fully saturated rings. The van der Waals surface area contributed by atoms with Crippen molar-refractivity contribution in [2.75, 3.05) is 6.54 Å². The summed E-state index contributed by atoms with van der Waals surface area (Å²) in [4.78, 5) is 4.33. The summed E-state index contributed by atoms with van der Waals surface area (Å²) >= 11 is 0. The zero-order chi connectivity index (χ0) is 11.6. The molecule has 1 saturated carbocycles. The molecule has 90 valence electrons. The maximum atomic E-state index is 10.4. The molecule has 0 saturated heterocycles. The van der Waals surface area contributed by atoms with Gasteiger partial charge in [0.25, 0.3) is 0 Å². The average Bonchev–Trinajstić information content (AvgIpc) is 3.05. The van der Waals surface area contributed by atoms with Crippen LogP contribution in [0.5, 0.6) is 0 Å². The Kier molecular flexibility index (Phi) is 3.30. The number of aryl methyl sites for hydroxylation is 1. The molecule has 0 aliphatic heterocycles. The molecule has 16 heavy (non-hydrogen) atoms. The minimum atomic E-state index is -0.739. The lowest BCUT2D eigenvalue weighted by Gasteiger charge is -2.26. The van der Waals surface area contributed by atoms with E-state index in [1.165, 1.54) is 0 Å². The van der Waals surface area contributed by atoms with Crippen molar-refractivity contribution in [3.05, 3.63) is 18.2 Å². The van der Waals surface area contributed by atoms with Gasteiger partial charge in [-0.05, 0) is 25.2 Å². The Morgan fingerprint density at radius 1 is 1.62 bits per heavy atom. The van der Waals surface area contributed by atoms with Crippen LogP contribution in [0.3, 0.4) is 0 Å². The summed E-state index contributed by atoms with van der Waals surface area (Å²) in [7, 11) is 0. The Morgan fingerprint density at radius 3 is 2.94 bits per heavy atom. The molecule has 1 aromatic rings. The van der Waals surface area contributed by atoms with Crippen molar-refractivity contribution in [1.29, 1.82) is 0 Å². The summed E-state index contributed by atoms with van der Waals surface area (Å²) in [6, 6.07) is 0. The van der Waals surface area contributed by atoms with Gasteiger partial charge < -0.3 is 15.4 Å². The number of imidazole rings is 1. The Bertz CT molecular complexity index is 346. The standard InChI is InChI=1S/C12H21N3O/c1-2-6-15-7-5-14-11(15)8-12(16,9-13)10-3-4-10/h5,7,10,16H,2-4,6,8-9,13H2,1H3. The molecule has 0 amide bonds. The second kappa shape index (κ2) is 4.55. The Labute approximate surface area is 96.5 Å². The first kappa shape index (κ1) is 11.6. The van der Waals surface area contributed by atoms with E-state index in [9.17, 15) is 5.11 Å². The van der Waals surface area contributed by atoms with Crippen LogP contribution in [0.2, 0.25) is 0 Å². The maximum Gasteiger partial charge on any atom is 0.111 e. The Hall–Kier alpha value is -0.870. The summed E-state index contributed by atoms with van der Waals surface area (Å²) in [6.07, 6.45) is 7.64. The van der Waals surface area contributed by atoms with E-state index in [0.717, 1.165) is 31.6 Å². The third-order valence-corrected chi connectivity index (χ3v) is 3.42. The molecule has 4 heteroatoms. The highest BCUT2D eigenvalue weighted by Gasteiger charge is 2.43. The van der Waals surface area contributed by atoms with Gasteiger partial charge >= 0.3 is 0 Å². The van der Waals surface area contributed by atoms with E-state index in [1.807, 2.05) is 6.20 Å². The molecule has 4 nitrogen and oxygen atoms in total. The maximum absolute atomic E-state index is 10.4. The van der Waals surface area contributed by atoms with Gasteiger partial charge in [0.15, 0.2) is 0 Å². The first-order chi connectivity index (χ1) is 7.69. The van der Waals surface area contributed by atoms with Crippen LogP contribution in [-0.4, -0.2) is 26.8 Å². The van der Waals surface area contributed by atoms with Gasteiger partial charge in [0.1, 0.15) is 5.82 Å². The van der Waals surface area contributed by atoms with Crippen molar-refractivity contribution in [3.63, 3.8) is 0 Å². The van der Waals surface area contributed by atoms with E-state index >= 15 is 0 Å².